The molecule has 0 heterocycles. The number of rotatable bonds is 15. The van der Waals surface area contributed by atoms with Crippen molar-refractivity contribution in [3.63, 3.8) is 0 Å². The van der Waals surface area contributed by atoms with Crippen molar-refractivity contribution >= 4 is 5.96 Å². The van der Waals surface area contributed by atoms with Crippen LogP contribution < -0.4 is 10.6 Å². The third kappa shape index (κ3) is 11.8. The largest absolute Gasteiger partial charge is 0.379 e. The number of hydrogen-bond acceptors (Lipinski definition) is 4. The zero-order valence-corrected chi connectivity index (χ0v) is 19.2. The fourth-order valence-electron chi connectivity index (χ4n) is 2.63. The van der Waals surface area contributed by atoms with Crippen LogP contribution in [0.1, 0.15) is 51.7 Å². The minimum Gasteiger partial charge on any atom is -0.379 e. The molecule has 0 fully saturated rings. The van der Waals surface area contributed by atoms with Crippen molar-refractivity contribution in [2.24, 2.45) is 4.99 Å². The number of benzene rings is 1. The number of nitrogens with zero attached hydrogens (tertiary/aromatic N) is 2. The third-order valence-corrected chi connectivity index (χ3v) is 4.72. The predicted molar refractivity (Wildman–Crippen MR) is 122 cm³/mol. The molecule has 0 aliphatic carbocycles. The van der Waals surface area contributed by atoms with Crippen LogP contribution >= 0.6 is 0 Å². The Morgan fingerprint density at radius 2 is 1.69 bits per heavy atom. The first-order chi connectivity index (χ1) is 14.1. The summed E-state index contributed by atoms with van der Waals surface area (Å²) >= 11 is 0. The molecule has 0 aliphatic rings. The highest BCUT2D eigenvalue weighted by molar-refractivity contribution is 5.79. The molecule has 0 radical (unpaired) electrons. The van der Waals surface area contributed by atoms with E-state index < -0.39 is 0 Å². The van der Waals surface area contributed by atoms with Gasteiger partial charge in [0, 0.05) is 32.3 Å². The Morgan fingerprint density at radius 1 is 1.00 bits per heavy atom. The number of ether oxygens (including phenoxy) is 2. The van der Waals surface area contributed by atoms with Crippen LogP contribution in [0.4, 0.5) is 0 Å². The summed E-state index contributed by atoms with van der Waals surface area (Å²) in [6, 6.07) is 9.06. The number of hydrogen-bond donors (Lipinski definition) is 2. The normalized spacial score (nSPS) is 12.0. The average molecular weight is 407 g/mol. The van der Waals surface area contributed by atoms with Gasteiger partial charge in [-0.3, -0.25) is 4.90 Å². The molecule has 0 atom stereocenters. The van der Waals surface area contributed by atoms with E-state index in [-0.39, 0.29) is 0 Å². The van der Waals surface area contributed by atoms with Gasteiger partial charge in [-0.15, -0.1) is 0 Å². The number of guanidine groups is 1. The summed E-state index contributed by atoms with van der Waals surface area (Å²) in [6.45, 7) is 14.6. The maximum absolute atomic E-state index is 5.61. The highest BCUT2D eigenvalue weighted by Gasteiger charge is 2.08. The van der Waals surface area contributed by atoms with E-state index in [9.17, 15) is 0 Å². The van der Waals surface area contributed by atoms with E-state index in [1.54, 1.807) is 0 Å². The van der Waals surface area contributed by atoms with Crippen molar-refractivity contribution in [2.45, 2.75) is 59.7 Å². The lowest BCUT2D eigenvalue weighted by Crippen LogP contribution is -2.39. The van der Waals surface area contributed by atoms with E-state index in [1.807, 2.05) is 0 Å². The number of nitrogens with one attached hydrogen (secondary N) is 2. The Bertz CT molecular complexity index is 564. The van der Waals surface area contributed by atoms with Crippen LogP contribution in [0.3, 0.4) is 0 Å². The van der Waals surface area contributed by atoms with E-state index in [0.717, 1.165) is 45.0 Å². The molecule has 166 valence electrons. The van der Waals surface area contributed by atoms with E-state index in [2.05, 4.69) is 74.5 Å². The quantitative estimate of drug-likeness (QED) is 0.266. The summed E-state index contributed by atoms with van der Waals surface area (Å²) in [5.74, 6) is 0.822. The van der Waals surface area contributed by atoms with Gasteiger partial charge in [0.15, 0.2) is 5.96 Å². The van der Waals surface area contributed by atoms with Crippen molar-refractivity contribution in [3.8, 4) is 0 Å². The smallest absolute Gasteiger partial charge is 0.191 e. The molecule has 0 aliphatic heterocycles. The first kappa shape index (κ1) is 25.4. The first-order valence-corrected chi connectivity index (χ1v) is 11.0. The van der Waals surface area contributed by atoms with Crippen LogP contribution in [0.2, 0.25) is 0 Å². The topological polar surface area (TPSA) is 58.1 Å². The summed E-state index contributed by atoms with van der Waals surface area (Å²) in [7, 11) is 2.16. The molecule has 0 aromatic heterocycles. The van der Waals surface area contributed by atoms with Gasteiger partial charge in [-0.2, -0.15) is 0 Å². The van der Waals surface area contributed by atoms with Crippen molar-refractivity contribution in [3.05, 3.63) is 35.4 Å². The maximum atomic E-state index is 5.61. The van der Waals surface area contributed by atoms with E-state index in [1.165, 1.54) is 11.1 Å². The maximum Gasteiger partial charge on any atom is 0.191 e. The molecule has 2 N–H and O–H groups in total. The van der Waals surface area contributed by atoms with Gasteiger partial charge < -0.3 is 20.1 Å². The third-order valence-electron chi connectivity index (χ3n) is 4.72. The van der Waals surface area contributed by atoms with Crippen molar-refractivity contribution < 1.29 is 9.47 Å². The van der Waals surface area contributed by atoms with Crippen LogP contribution in [-0.2, 0) is 22.6 Å². The summed E-state index contributed by atoms with van der Waals surface area (Å²) < 4.78 is 11.1. The monoisotopic (exact) mass is 406 g/mol. The molecular formula is C23H42N4O2. The second kappa shape index (κ2) is 16.2. The molecule has 1 rings (SSSR count). The molecule has 0 amide bonds. The van der Waals surface area contributed by atoms with Gasteiger partial charge in [-0.05, 0) is 45.4 Å². The SMILES string of the molecule is CCCCOCCOCCNC(=NCc1ccccc1CN(C)C(C)C)NCC. The Kier molecular flexibility index (Phi) is 14.2. The zero-order valence-electron chi connectivity index (χ0n) is 19.2. The standard InChI is InChI=1S/C23H42N4O2/c1-6-8-14-28-16-17-29-15-13-25-23(24-7-2)26-18-21-11-9-10-12-22(21)19-27(5)20(3)4/h9-12,20H,6-8,13-19H2,1-5H3,(H2,24,25,26). The van der Waals surface area contributed by atoms with Crippen LogP contribution in [0.5, 0.6) is 0 Å². The Labute approximate surface area is 178 Å². The van der Waals surface area contributed by atoms with E-state index in [0.29, 0.717) is 32.4 Å². The highest BCUT2D eigenvalue weighted by atomic mass is 16.5. The van der Waals surface area contributed by atoms with Crippen molar-refractivity contribution in [1.29, 1.82) is 0 Å². The molecule has 0 saturated carbocycles. The fourth-order valence-corrected chi connectivity index (χ4v) is 2.63. The van der Waals surface area contributed by atoms with Crippen LogP contribution in [-0.4, -0.2) is 63.5 Å². The molecular weight excluding hydrogens is 364 g/mol. The molecule has 0 unspecified atom stereocenters. The molecule has 1 aromatic carbocycles. The number of unbranched alkanes of at least 4 members (excludes halogenated alkanes) is 1. The Hall–Kier alpha value is -1.63. The van der Waals surface area contributed by atoms with Gasteiger partial charge >= 0.3 is 0 Å². The Balaban J connectivity index is 2.44. The van der Waals surface area contributed by atoms with Crippen LogP contribution in [0.25, 0.3) is 0 Å². The van der Waals surface area contributed by atoms with Gasteiger partial charge in [0.2, 0.25) is 0 Å². The molecule has 0 saturated heterocycles. The average Bonchev–Trinajstić information content (AvgIpc) is 2.71. The molecule has 0 spiro atoms. The molecule has 1 aromatic rings. The zero-order chi connectivity index (χ0) is 21.3. The van der Waals surface area contributed by atoms with Crippen molar-refractivity contribution in [2.75, 3.05) is 46.6 Å². The predicted octanol–water partition coefficient (Wildman–Crippen LogP) is 3.42. The lowest BCUT2D eigenvalue weighted by Gasteiger charge is -2.22. The number of aliphatic imine (C=N–C) groups is 1. The molecule has 6 heteroatoms. The van der Waals surface area contributed by atoms with Crippen molar-refractivity contribution in [1.82, 2.24) is 15.5 Å². The van der Waals surface area contributed by atoms with Crippen LogP contribution in [0, 0.1) is 0 Å². The van der Waals surface area contributed by atoms with Gasteiger partial charge in [-0.1, -0.05) is 37.6 Å². The molecule has 0 bridgehead atoms. The summed E-state index contributed by atoms with van der Waals surface area (Å²) in [6.07, 6.45) is 2.27. The molecule has 6 nitrogen and oxygen atoms in total. The first-order valence-electron chi connectivity index (χ1n) is 11.0. The van der Waals surface area contributed by atoms with Gasteiger partial charge in [0.25, 0.3) is 0 Å². The van der Waals surface area contributed by atoms with Crippen LogP contribution in [0.15, 0.2) is 29.3 Å². The van der Waals surface area contributed by atoms with Gasteiger partial charge in [0.1, 0.15) is 0 Å². The second-order valence-corrected chi connectivity index (χ2v) is 7.48. The summed E-state index contributed by atoms with van der Waals surface area (Å²) in [5.41, 5.74) is 2.59. The van der Waals surface area contributed by atoms with Gasteiger partial charge in [0.05, 0.1) is 26.4 Å². The highest BCUT2D eigenvalue weighted by Crippen LogP contribution is 2.13. The second-order valence-electron chi connectivity index (χ2n) is 7.48. The Morgan fingerprint density at radius 3 is 2.34 bits per heavy atom. The lowest BCUT2D eigenvalue weighted by atomic mass is 10.1. The minimum atomic E-state index is 0.516. The summed E-state index contributed by atoms with van der Waals surface area (Å²) in [4.78, 5) is 7.10. The summed E-state index contributed by atoms with van der Waals surface area (Å²) in [5, 5.41) is 6.65. The molecule has 29 heavy (non-hydrogen) atoms. The van der Waals surface area contributed by atoms with E-state index in [4.69, 9.17) is 14.5 Å². The minimum absolute atomic E-state index is 0.516. The van der Waals surface area contributed by atoms with Gasteiger partial charge in [-0.25, -0.2) is 4.99 Å². The van der Waals surface area contributed by atoms with E-state index >= 15 is 0 Å². The lowest BCUT2D eigenvalue weighted by molar-refractivity contribution is 0.0487. The fraction of sp³-hybridized carbons (Fsp3) is 0.696.